The first-order valence-corrected chi connectivity index (χ1v) is 11.1. The molecule has 0 unspecified atom stereocenters. The maximum Gasteiger partial charge on any atom is 0.491 e. The first-order valence-electron chi connectivity index (χ1n) is 11.1. The van der Waals surface area contributed by atoms with Crippen molar-refractivity contribution in [2.75, 3.05) is 13.6 Å². The Balaban J connectivity index is 2.06. The number of fused-ring (bicyclic) bond motifs is 1. The summed E-state index contributed by atoms with van der Waals surface area (Å²) in [7, 11) is 1.65. The summed E-state index contributed by atoms with van der Waals surface area (Å²) < 4.78 is 12.7. The van der Waals surface area contributed by atoms with Crippen LogP contribution in [0.2, 0.25) is 0 Å². The second kappa shape index (κ2) is 7.25. The molecule has 0 aromatic heterocycles. The van der Waals surface area contributed by atoms with Crippen molar-refractivity contribution in [2.24, 2.45) is 0 Å². The van der Waals surface area contributed by atoms with E-state index in [1.807, 2.05) is 7.05 Å². The van der Waals surface area contributed by atoms with Crippen molar-refractivity contribution in [2.45, 2.75) is 97.2 Å². The van der Waals surface area contributed by atoms with Gasteiger partial charge >= 0.3 is 7.12 Å². The van der Waals surface area contributed by atoms with Crippen LogP contribution in [-0.4, -0.2) is 31.9 Å². The first-order chi connectivity index (χ1) is 13.2. The first kappa shape index (κ1) is 22.6. The van der Waals surface area contributed by atoms with Crippen molar-refractivity contribution < 1.29 is 9.31 Å². The highest BCUT2D eigenvalue weighted by atomic mass is 16.7. The lowest BCUT2D eigenvalue weighted by atomic mass is 9.62. The topological polar surface area (TPSA) is 30.5 Å². The summed E-state index contributed by atoms with van der Waals surface area (Å²) in [5, 5.41) is 3.30. The summed E-state index contributed by atoms with van der Waals surface area (Å²) in [5.41, 5.74) is 6.50. The molecule has 1 aliphatic heterocycles. The number of aryl methyl sites for hydroxylation is 1. The van der Waals surface area contributed by atoms with Crippen molar-refractivity contribution >= 4 is 13.2 Å². The van der Waals surface area contributed by atoms with E-state index in [1.54, 1.807) is 0 Å². The number of benzene rings is 1. The van der Waals surface area contributed by atoms with Gasteiger partial charge in [0.2, 0.25) is 0 Å². The van der Waals surface area contributed by atoms with Crippen LogP contribution in [0.4, 0.5) is 0 Å². The van der Waals surface area contributed by atoms with Gasteiger partial charge in [0.05, 0.1) is 11.2 Å². The summed E-state index contributed by atoms with van der Waals surface area (Å²) in [5.74, 6) is 0. The maximum absolute atomic E-state index is 6.35. The summed E-state index contributed by atoms with van der Waals surface area (Å²) >= 11 is 0. The number of rotatable bonds is 4. The van der Waals surface area contributed by atoms with Crippen LogP contribution in [0.15, 0.2) is 17.6 Å². The van der Waals surface area contributed by atoms with Gasteiger partial charge in [-0.1, -0.05) is 45.9 Å². The number of nitrogens with one attached hydrogen (secondary N) is 1. The molecule has 3 nitrogen and oxygen atoms in total. The minimum atomic E-state index is -0.332. The fraction of sp³-hybridized carbons (Fsp3) is 0.680. The lowest BCUT2D eigenvalue weighted by Gasteiger charge is -2.42. The predicted molar refractivity (Wildman–Crippen MR) is 124 cm³/mol. The Bertz CT molecular complexity index is 804. The molecule has 1 aromatic carbocycles. The molecule has 160 valence electrons. The second-order valence-corrected chi connectivity index (χ2v) is 11.4. The molecule has 0 saturated carbocycles. The van der Waals surface area contributed by atoms with Gasteiger partial charge < -0.3 is 14.6 Å². The van der Waals surface area contributed by atoms with Crippen LogP contribution in [0.25, 0.3) is 6.08 Å². The van der Waals surface area contributed by atoms with Gasteiger partial charge in [-0.3, -0.25) is 0 Å². The fourth-order valence-corrected chi connectivity index (χ4v) is 4.50. The third-order valence-corrected chi connectivity index (χ3v) is 7.52. The predicted octanol–water partition coefficient (Wildman–Crippen LogP) is 5.58. The fourth-order valence-electron chi connectivity index (χ4n) is 4.50. The molecule has 0 radical (unpaired) electrons. The Hall–Kier alpha value is -1.10. The third-order valence-electron chi connectivity index (χ3n) is 7.52. The molecule has 1 aliphatic carbocycles. The molecule has 1 aromatic rings. The molecule has 0 amide bonds. The van der Waals surface area contributed by atoms with Crippen LogP contribution in [0.5, 0.6) is 0 Å². The molecule has 1 fully saturated rings. The largest absolute Gasteiger partial charge is 0.491 e. The van der Waals surface area contributed by atoms with Crippen molar-refractivity contribution in [3.8, 4) is 0 Å². The van der Waals surface area contributed by atoms with Crippen LogP contribution < -0.4 is 5.32 Å². The van der Waals surface area contributed by atoms with Gasteiger partial charge in [-0.15, -0.1) is 0 Å². The molecule has 2 aliphatic rings. The number of hydrogen-bond acceptors (Lipinski definition) is 3. The van der Waals surface area contributed by atoms with Crippen molar-refractivity contribution in [3.63, 3.8) is 0 Å². The van der Waals surface area contributed by atoms with Crippen LogP contribution in [-0.2, 0) is 20.1 Å². The van der Waals surface area contributed by atoms with Crippen molar-refractivity contribution in [1.82, 2.24) is 5.32 Å². The van der Waals surface area contributed by atoms with Crippen LogP contribution in [0.3, 0.4) is 0 Å². The molecule has 1 saturated heterocycles. The molecule has 3 rings (SSSR count). The minimum absolute atomic E-state index is 0.203. The third kappa shape index (κ3) is 4.09. The summed E-state index contributed by atoms with van der Waals surface area (Å²) in [6.45, 7) is 20.9. The van der Waals surface area contributed by atoms with E-state index in [9.17, 15) is 0 Å². The van der Waals surface area contributed by atoms with Crippen LogP contribution in [0.1, 0.15) is 90.5 Å². The van der Waals surface area contributed by atoms with Crippen LogP contribution >= 0.6 is 0 Å². The Labute approximate surface area is 178 Å². The summed E-state index contributed by atoms with van der Waals surface area (Å²) in [6.07, 6.45) is 4.74. The monoisotopic (exact) mass is 397 g/mol. The van der Waals surface area contributed by atoms with Gasteiger partial charge in [0.15, 0.2) is 0 Å². The normalized spacial score (nSPS) is 24.5. The molecule has 0 atom stereocenters. The van der Waals surface area contributed by atoms with E-state index in [0.717, 1.165) is 12.0 Å². The lowest BCUT2D eigenvalue weighted by molar-refractivity contribution is 0.00578. The van der Waals surface area contributed by atoms with E-state index in [-0.39, 0.29) is 29.2 Å². The average Bonchev–Trinajstić information content (AvgIpc) is 2.80. The standard InChI is InChI=1S/C25H40BNO2/c1-17-13-20-21(23(4,5)12-11-22(20,2)3)15-18(17)14-19(16-27-10)26-28-24(6,7)25(8,9)29-26/h13-15,27H,11-12,16H2,1-10H3. The zero-order valence-electron chi connectivity index (χ0n) is 20.2. The van der Waals surface area contributed by atoms with Crippen LogP contribution in [0, 0.1) is 6.92 Å². The lowest BCUT2D eigenvalue weighted by Crippen LogP contribution is -2.41. The Kier molecular flexibility index (Phi) is 5.65. The molecule has 4 heteroatoms. The molecule has 29 heavy (non-hydrogen) atoms. The highest BCUT2D eigenvalue weighted by Crippen LogP contribution is 2.47. The summed E-state index contributed by atoms with van der Waals surface area (Å²) in [6, 6.07) is 4.84. The van der Waals surface area contributed by atoms with E-state index in [4.69, 9.17) is 9.31 Å². The Morgan fingerprint density at radius 1 is 0.931 bits per heavy atom. The zero-order chi connectivity index (χ0) is 21.8. The summed E-state index contributed by atoms with van der Waals surface area (Å²) in [4.78, 5) is 0. The van der Waals surface area contributed by atoms with E-state index in [0.29, 0.717) is 0 Å². The molecule has 0 spiro atoms. The van der Waals surface area contributed by atoms with E-state index >= 15 is 0 Å². The van der Waals surface area contributed by atoms with Gasteiger partial charge in [0.1, 0.15) is 0 Å². The van der Waals surface area contributed by atoms with E-state index < -0.39 is 0 Å². The molecule has 1 heterocycles. The second-order valence-electron chi connectivity index (χ2n) is 11.4. The molecule has 1 N–H and O–H groups in total. The van der Waals surface area contributed by atoms with Gasteiger partial charge in [0.25, 0.3) is 0 Å². The number of hydrogen-bond donors (Lipinski definition) is 1. The van der Waals surface area contributed by atoms with Gasteiger partial charge in [-0.2, -0.15) is 0 Å². The van der Waals surface area contributed by atoms with E-state index in [1.165, 1.54) is 35.1 Å². The molecule has 0 bridgehead atoms. The molecular weight excluding hydrogens is 357 g/mol. The van der Waals surface area contributed by atoms with E-state index in [2.05, 4.69) is 85.8 Å². The average molecular weight is 397 g/mol. The number of likely N-dealkylation sites (N-methyl/N-ethyl adjacent to an activating group) is 1. The SMILES string of the molecule is CNCC(=Cc1cc2c(cc1C)C(C)(C)CCC2(C)C)B1OC(C)(C)C(C)(C)O1. The van der Waals surface area contributed by atoms with Gasteiger partial charge in [0, 0.05) is 6.54 Å². The zero-order valence-corrected chi connectivity index (χ0v) is 20.2. The van der Waals surface area contributed by atoms with Gasteiger partial charge in [-0.05, 0) is 93.1 Å². The molecular formula is C25H40BNO2. The Morgan fingerprint density at radius 2 is 1.41 bits per heavy atom. The van der Waals surface area contributed by atoms with Gasteiger partial charge in [-0.25, -0.2) is 0 Å². The van der Waals surface area contributed by atoms with Crippen molar-refractivity contribution in [1.29, 1.82) is 0 Å². The quantitative estimate of drug-likeness (QED) is 0.673. The van der Waals surface area contributed by atoms with Crippen molar-refractivity contribution in [3.05, 3.63) is 39.9 Å². The minimum Gasteiger partial charge on any atom is -0.400 e. The maximum atomic E-state index is 6.35. The highest BCUT2D eigenvalue weighted by Gasteiger charge is 2.52. The smallest absolute Gasteiger partial charge is 0.400 e. The highest BCUT2D eigenvalue weighted by molar-refractivity contribution is 6.56. The Morgan fingerprint density at radius 3 is 1.90 bits per heavy atom.